The average molecular weight is 289 g/mol. The van der Waals surface area contributed by atoms with Crippen LogP contribution in [0, 0.1) is 11.7 Å². The highest BCUT2D eigenvalue weighted by molar-refractivity contribution is 5.78. The van der Waals surface area contributed by atoms with Crippen LogP contribution in [-0.4, -0.2) is 13.1 Å². The van der Waals surface area contributed by atoms with Gasteiger partial charge in [0.1, 0.15) is 5.76 Å². The molecule has 2 unspecified atom stereocenters. The predicted octanol–water partition coefficient (Wildman–Crippen LogP) is 4.85. The van der Waals surface area contributed by atoms with Gasteiger partial charge < -0.3 is 9.73 Å². The van der Waals surface area contributed by atoms with Gasteiger partial charge in [0.15, 0.2) is 11.4 Å². The molecule has 0 bridgehead atoms. The normalized spacial score (nSPS) is 23.3. The molecular formula is C18H24FNO. The first-order valence-electron chi connectivity index (χ1n) is 8.18. The Balaban J connectivity index is 1.90. The molecule has 1 fully saturated rings. The van der Waals surface area contributed by atoms with E-state index in [-0.39, 0.29) is 5.82 Å². The zero-order valence-corrected chi connectivity index (χ0v) is 12.7. The molecule has 2 aromatic rings. The van der Waals surface area contributed by atoms with E-state index >= 15 is 0 Å². The van der Waals surface area contributed by atoms with Crippen molar-refractivity contribution >= 4 is 11.0 Å². The highest BCUT2D eigenvalue weighted by atomic mass is 19.1. The summed E-state index contributed by atoms with van der Waals surface area (Å²) < 4.78 is 19.7. The van der Waals surface area contributed by atoms with Gasteiger partial charge >= 0.3 is 0 Å². The predicted molar refractivity (Wildman–Crippen MR) is 84.0 cm³/mol. The van der Waals surface area contributed by atoms with Crippen LogP contribution >= 0.6 is 0 Å². The van der Waals surface area contributed by atoms with Crippen LogP contribution in [0.4, 0.5) is 4.39 Å². The summed E-state index contributed by atoms with van der Waals surface area (Å²) in [6, 6.07) is 7.20. The fraction of sp³-hybridized carbons (Fsp3) is 0.556. The zero-order chi connectivity index (χ0) is 14.7. The van der Waals surface area contributed by atoms with Gasteiger partial charge in [0.25, 0.3) is 0 Å². The minimum Gasteiger partial charge on any atom is -0.458 e. The molecule has 1 heterocycles. The maximum atomic E-state index is 13.8. The van der Waals surface area contributed by atoms with Gasteiger partial charge in [-0.2, -0.15) is 0 Å². The van der Waals surface area contributed by atoms with Crippen LogP contribution in [0.15, 0.2) is 28.7 Å². The van der Waals surface area contributed by atoms with Crippen molar-refractivity contribution in [3.63, 3.8) is 0 Å². The number of fused-ring (bicyclic) bond motifs is 1. The number of halogens is 1. The third-order valence-corrected chi connectivity index (χ3v) is 4.70. The Bertz CT molecular complexity index is 592. The first-order valence-corrected chi connectivity index (χ1v) is 8.18. The molecule has 0 spiro atoms. The molecule has 1 N–H and O–H groups in total. The third kappa shape index (κ3) is 3.13. The Kier molecular flexibility index (Phi) is 4.59. The summed E-state index contributed by atoms with van der Waals surface area (Å²) in [6.45, 7) is 4.17. The van der Waals surface area contributed by atoms with Crippen molar-refractivity contribution in [1.82, 2.24) is 5.32 Å². The molecular weight excluding hydrogens is 265 g/mol. The van der Waals surface area contributed by atoms with Gasteiger partial charge in [-0.15, -0.1) is 0 Å². The smallest absolute Gasteiger partial charge is 0.169 e. The number of benzene rings is 1. The second kappa shape index (κ2) is 6.61. The summed E-state index contributed by atoms with van der Waals surface area (Å²) in [5.74, 6) is 1.73. The summed E-state index contributed by atoms with van der Waals surface area (Å²) in [6.07, 6.45) is 6.22. The third-order valence-electron chi connectivity index (χ3n) is 4.70. The van der Waals surface area contributed by atoms with Crippen molar-refractivity contribution in [3.05, 3.63) is 35.8 Å². The summed E-state index contributed by atoms with van der Waals surface area (Å²) in [5, 5.41) is 4.36. The van der Waals surface area contributed by atoms with Crippen LogP contribution in [-0.2, 0) is 0 Å². The van der Waals surface area contributed by atoms with Crippen molar-refractivity contribution in [2.75, 3.05) is 13.1 Å². The summed E-state index contributed by atoms with van der Waals surface area (Å²) >= 11 is 0. The molecule has 3 heteroatoms. The molecule has 0 radical (unpaired) electrons. The molecule has 1 aliphatic rings. The number of rotatable bonds is 4. The van der Waals surface area contributed by atoms with Crippen LogP contribution in [0.2, 0.25) is 0 Å². The average Bonchev–Trinajstić information content (AvgIpc) is 2.79. The lowest BCUT2D eigenvalue weighted by molar-refractivity contribution is 0.335. The molecule has 2 nitrogen and oxygen atoms in total. The number of hydrogen-bond donors (Lipinski definition) is 1. The Morgan fingerprint density at radius 3 is 2.90 bits per heavy atom. The molecule has 2 atom stereocenters. The van der Waals surface area contributed by atoms with E-state index in [0.717, 1.165) is 30.7 Å². The maximum Gasteiger partial charge on any atom is 0.169 e. The summed E-state index contributed by atoms with van der Waals surface area (Å²) in [4.78, 5) is 0. The highest BCUT2D eigenvalue weighted by Crippen LogP contribution is 2.38. The highest BCUT2D eigenvalue weighted by Gasteiger charge is 2.27. The molecule has 21 heavy (non-hydrogen) atoms. The largest absolute Gasteiger partial charge is 0.458 e. The van der Waals surface area contributed by atoms with E-state index in [0.29, 0.717) is 17.4 Å². The van der Waals surface area contributed by atoms with Gasteiger partial charge in [0, 0.05) is 11.3 Å². The Morgan fingerprint density at radius 1 is 1.24 bits per heavy atom. The fourth-order valence-electron chi connectivity index (χ4n) is 3.56. The molecule has 3 rings (SSSR count). The molecule has 0 amide bonds. The second-order valence-electron chi connectivity index (χ2n) is 6.12. The number of hydrogen-bond acceptors (Lipinski definition) is 2. The van der Waals surface area contributed by atoms with E-state index in [1.54, 1.807) is 6.07 Å². The Labute approximate surface area is 125 Å². The molecule has 0 aliphatic heterocycles. The topological polar surface area (TPSA) is 25.2 Å². The standard InChI is InChI=1S/C18H24FNO/c1-2-20-12-14-7-4-3-5-9-15(14)17-11-13-8-6-10-16(19)18(13)21-17/h6,8,10-11,14-15,20H,2-5,7,9,12H2,1H3. The molecule has 114 valence electrons. The Hall–Kier alpha value is -1.35. The first-order chi connectivity index (χ1) is 10.3. The molecule has 0 saturated heterocycles. The molecule has 1 aromatic carbocycles. The van der Waals surface area contributed by atoms with Gasteiger partial charge in [-0.1, -0.05) is 38.3 Å². The Morgan fingerprint density at radius 2 is 2.10 bits per heavy atom. The van der Waals surface area contributed by atoms with Crippen LogP contribution < -0.4 is 5.32 Å². The zero-order valence-electron chi connectivity index (χ0n) is 12.7. The van der Waals surface area contributed by atoms with Crippen LogP contribution in [0.1, 0.15) is 50.7 Å². The lowest BCUT2D eigenvalue weighted by atomic mass is 9.86. The number of para-hydroxylation sites is 1. The maximum absolute atomic E-state index is 13.8. The van der Waals surface area contributed by atoms with E-state index in [2.05, 4.69) is 12.2 Å². The van der Waals surface area contributed by atoms with Crippen LogP contribution in [0.25, 0.3) is 11.0 Å². The van der Waals surface area contributed by atoms with Gasteiger partial charge in [-0.05, 0) is 44.0 Å². The monoisotopic (exact) mass is 289 g/mol. The van der Waals surface area contributed by atoms with Gasteiger partial charge in [-0.3, -0.25) is 0 Å². The van der Waals surface area contributed by atoms with E-state index in [1.165, 1.54) is 31.7 Å². The quantitative estimate of drug-likeness (QED) is 0.814. The molecule has 1 aliphatic carbocycles. The first kappa shape index (κ1) is 14.6. The van der Waals surface area contributed by atoms with Crippen molar-refractivity contribution in [1.29, 1.82) is 0 Å². The SMILES string of the molecule is CCNCC1CCCCCC1c1cc2cccc(F)c2o1. The van der Waals surface area contributed by atoms with Gasteiger partial charge in [0.2, 0.25) is 0 Å². The van der Waals surface area contributed by atoms with Crippen LogP contribution in [0.3, 0.4) is 0 Å². The van der Waals surface area contributed by atoms with Crippen LogP contribution in [0.5, 0.6) is 0 Å². The fourth-order valence-corrected chi connectivity index (χ4v) is 3.56. The lowest BCUT2D eigenvalue weighted by Gasteiger charge is -2.23. The van der Waals surface area contributed by atoms with Crippen molar-refractivity contribution in [2.45, 2.75) is 44.9 Å². The van der Waals surface area contributed by atoms with Gasteiger partial charge in [0.05, 0.1) is 0 Å². The minimum atomic E-state index is -0.254. The number of furan rings is 1. The molecule has 1 saturated carbocycles. The lowest BCUT2D eigenvalue weighted by Crippen LogP contribution is -2.26. The second-order valence-corrected chi connectivity index (χ2v) is 6.12. The summed E-state index contributed by atoms with van der Waals surface area (Å²) in [7, 11) is 0. The summed E-state index contributed by atoms with van der Waals surface area (Å²) in [5.41, 5.74) is 0.416. The van der Waals surface area contributed by atoms with E-state index in [1.807, 2.05) is 12.1 Å². The van der Waals surface area contributed by atoms with Crippen molar-refractivity contribution < 1.29 is 8.81 Å². The van der Waals surface area contributed by atoms with E-state index in [9.17, 15) is 4.39 Å². The minimum absolute atomic E-state index is 0.254. The van der Waals surface area contributed by atoms with Gasteiger partial charge in [-0.25, -0.2) is 4.39 Å². The van der Waals surface area contributed by atoms with Crippen molar-refractivity contribution in [2.24, 2.45) is 5.92 Å². The van der Waals surface area contributed by atoms with E-state index < -0.39 is 0 Å². The number of nitrogens with one attached hydrogen (secondary N) is 1. The van der Waals surface area contributed by atoms with Crippen molar-refractivity contribution in [3.8, 4) is 0 Å². The molecule has 1 aromatic heterocycles. The van der Waals surface area contributed by atoms with E-state index in [4.69, 9.17) is 4.42 Å².